The molecule has 0 atom stereocenters. The minimum Gasteiger partial charge on any atom is -0.469 e. The maximum absolute atomic E-state index is 11.9. The first-order valence-corrected chi connectivity index (χ1v) is 13.6. The van der Waals surface area contributed by atoms with Gasteiger partial charge in [0.25, 0.3) is 0 Å². The second-order valence-electron chi connectivity index (χ2n) is 9.07. The predicted molar refractivity (Wildman–Crippen MR) is 138 cm³/mol. The monoisotopic (exact) mass is 448 g/mol. The fourth-order valence-electron chi connectivity index (χ4n) is 3.84. The van der Waals surface area contributed by atoms with Crippen LogP contribution < -0.4 is 0 Å². The van der Waals surface area contributed by atoms with E-state index in [4.69, 9.17) is 0 Å². The van der Waals surface area contributed by atoms with Crippen LogP contribution in [0.2, 0.25) is 0 Å². The van der Waals surface area contributed by atoms with Crippen molar-refractivity contribution in [1.82, 2.24) is 0 Å². The first-order chi connectivity index (χ1) is 15.7. The van der Waals surface area contributed by atoms with Gasteiger partial charge in [-0.05, 0) is 51.4 Å². The Hall–Kier alpha value is -1.38. The molecule has 0 N–H and O–H groups in total. The Bertz CT molecular complexity index is 479. The number of carbonyl (C=O) groups is 2. The Morgan fingerprint density at radius 3 is 1.50 bits per heavy atom. The van der Waals surface area contributed by atoms with Gasteiger partial charge in [-0.15, -0.1) is 0 Å². The fourth-order valence-corrected chi connectivity index (χ4v) is 3.84. The fraction of sp³-hybridized carbons (Fsp3) is 0.793. The number of methoxy groups -OCH3 is 1. The van der Waals surface area contributed by atoms with Gasteiger partial charge in [-0.1, -0.05) is 95.4 Å². The average molecular weight is 449 g/mol. The molecule has 3 heteroatoms. The van der Waals surface area contributed by atoms with E-state index in [-0.39, 0.29) is 5.97 Å². The van der Waals surface area contributed by atoms with E-state index in [0.717, 1.165) is 57.8 Å². The number of Topliss-reactive ketones (excluding diaryl/α,β-unsaturated/α-hetero) is 1. The molecule has 0 aliphatic heterocycles. The van der Waals surface area contributed by atoms with Gasteiger partial charge in [-0.3, -0.25) is 9.59 Å². The second kappa shape index (κ2) is 25.9. The zero-order valence-electron chi connectivity index (χ0n) is 21.4. The van der Waals surface area contributed by atoms with Gasteiger partial charge >= 0.3 is 5.97 Å². The third-order valence-electron chi connectivity index (χ3n) is 5.97. The lowest BCUT2D eigenvalue weighted by Crippen LogP contribution is -1.99. The standard InChI is InChI=1S/C29H52O3/c1-3-4-5-6-7-8-9-10-11-12-13-14-15-16-17-19-22-25-28(30)26-23-20-18-21-24-27-29(31)32-2/h7-8,10-11H,3-6,9,12-27H2,1-2H3. The minimum atomic E-state index is -0.121. The van der Waals surface area contributed by atoms with Crippen LogP contribution in [-0.4, -0.2) is 18.9 Å². The molecular weight excluding hydrogens is 396 g/mol. The number of carbonyl (C=O) groups excluding carboxylic acids is 2. The van der Waals surface area contributed by atoms with Crippen LogP contribution in [0.25, 0.3) is 0 Å². The highest BCUT2D eigenvalue weighted by atomic mass is 16.5. The summed E-state index contributed by atoms with van der Waals surface area (Å²) in [5.41, 5.74) is 0. The molecule has 0 bridgehead atoms. The second-order valence-corrected chi connectivity index (χ2v) is 9.07. The van der Waals surface area contributed by atoms with Gasteiger partial charge in [0.05, 0.1) is 7.11 Å². The van der Waals surface area contributed by atoms with Crippen LogP contribution >= 0.6 is 0 Å². The lowest BCUT2D eigenvalue weighted by atomic mass is 10.0. The van der Waals surface area contributed by atoms with E-state index in [0.29, 0.717) is 12.2 Å². The molecule has 0 radical (unpaired) electrons. The molecule has 32 heavy (non-hydrogen) atoms. The van der Waals surface area contributed by atoms with Crippen LogP contribution in [0.5, 0.6) is 0 Å². The lowest BCUT2D eigenvalue weighted by Gasteiger charge is -2.03. The SMILES string of the molecule is CCCCCC=CCC=CCCCCCCCCCC(=O)CCCCCCCC(=O)OC. The molecule has 3 nitrogen and oxygen atoms in total. The van der Waals surface area contributed by atoms with Gasteiger partial charge in [-0.25, -0.2) is 0 Å². The summed E-state index contributed by atoms with van der Waals surface area (Å²) in [7, 11) is 1.43. The highest BCUT2D eigenvalue weighted by Gasteiger charge is 2.03. The summed E-state index contributed by atoms with van der Waals surface area (Å²) in [6.07, 6.45) is 32.7. The van der Waals surface area contributed by atoms with Crippen molar-refractivity contribution in [2.75, 3.05) is 7.11 Å². The first-order valence-electron chi connectivity index (χ1n) is 13.6. The molecule has 0 saturated heterocycles. The highest BCUT2D eigenvalue weighted by Crippen LogP contribution is 2.13. The zero-order chi connectivity index (χ0) is 23.5. The molecule has 0 fully saturated rings. The summed E-state index contributed by atoms with van der Waals surface area (Å²) in [5.74, 6) is 0.312. The van der Waals surface area contributed by atoms with E-state index in [1.165, 1.54) is 77.7 Å². The Labute approximate surface area is 199 Å². The normalized spacial score (nSPS) is 11.6. The van der Waals surface area contributed by atoms with E-state index in [1.807, 2.05) is 0 Å². The largest absolute Gasteiger partial charge is 0.469 e. The molecule has 0 aliphatic carbocycles. The molecule has 0 saturated carbocycles. The highest BCUT2D eigenvalue weighted by molar-refractivity contribution is 5.78. The number of unbranched alkanes of at least 4 members (excludes halogenated alkanes) is 14. The van der Waals surface area contributed by atoms with Gasteiger partial charge in [0.1, 0.15) is 5.78 Å². The van der Waals surface area contributed by atoms with Crippen molar-refractivity contribution < 1.29 is 14.3 Å². The number of ketones is 1. The van der Waals surface area contributed by atoms with Gasteiger partial charge in [0, 0.05) is 19.3 Å². The summed E-state index contributed by atoms with van der Waals surface area (Å²) in [5, 5.41) is 0. The maximum atomic E-state index is 11.9. The number of hydrogen-bond donors (Lipinski definition) is 0. The average Bonchev–Trinajstić information content (AvgIpc) is 2.80. The number of hydrogen-bond acceptors (Lipinski definition) is 3. The topological polar surface area (TPSA) is 43.4 Å². The Balaban J connectivity index is 3.27. The molecule has 0 amide bonds. The van der Waals surface area contributed by atoms with Crippen LogP contribution in [0.1, 0.15) is 142 Å². The van der Waals surface area contributed by atoms with Gasteiger partial charge in [0.15, 0.2) is 0 Å². The van der Waals surface area contributed by atoms with Gasteiger partial charge in [-0.2, -0.15) is 0 Å². The van der Waals surface area contributed by atoms with Crippen LogP contribution in [-0.2, 0) is 14.3 Å². The Kier molecular flexibility index (Phi) is 24.8. The molecule has 0 aliphatic rings. The smallest absolute Gasteiger partial charge is 0.305 e. The van der Waals surface area contributed by atoms with Gasteiger partial charge in [0.2, 0.25) is 0 Å². The molecule has 0 unspecified atom stereocenters. The van der Waals surface area contributed by atoms with E-state index in [2.05, 4.69) is 36.0 Å². The Morgan fingerprint density at radius 1 is 0.562 bits per heavy atom. The minimum absolute atomic E-state index is 0.121. The molecule has 0 aromatic heterocycles. The van der Waals surface area contributed by atoms with Crippen molar-refractivity contribution in [1.29, 1.82) is 0 Å². The van der Waals surface area contributed by atoms with Crippen LogP contribution in [0.15, 0.2) is 24.3 Å². The number of ether oxygens (including phenoxy) is 1. The molecule has 0 aromatic carbocycles. The van der Waals surface area contributed by atoms with Crippen LogP contribution in [0.3, 0.4) is 0 Å². The van der Waals surface area contributed by atoms with Crippen molar-refractivity contribution in [3.63, 3.8) is 0 Å². The predicted octanol–water partition coefficient (Wildman–Crippen LogP) is 9.05. The molecular formula is C29H52O3. The molecule has 0 spiro atoms. The summed E-state index contributed by atoms with van der Waals surface area (Å²) < 4.78 is 4.63. The summed E-state index contributed by atoms with van der Waals surface area (Å²) >= 11 is 0. The van der Waals surface area contributed by atoms with Crippen molar-refractivity contribution in [2.45, 2.75) is 142 Å². The number of allylic oxidation sites excluding steroid dienone is 4. The van der Waals surface area contributed by atoms with E-state index >= 15 is 0 Å². The van der Waals surface area contributed by atoms with Gasteiger partial charge < -0.3 is 4.74 Å². The maximum Gasteiger partial charge on any atom is 0.305 e. The van der Waals surface area contributed by atoms with Crippen molar-refractivity contribution in [3.05, 3.63) is 24.3 Å². The van der Waals surface area contributed by atoms with Crippen molar-refractivity contribution in [2.24, 2.45) is 0 Å². The van der Waals surface area contributed by atoms with E-state index in [9.17, 15) is 9.59 Å². The quantitative estimate of drug-likeness (QED) is 0.0840. The summed E-state index contributed by atoms with van der Waals surface area (Å²) in [6, 6.07) is 0. The molecule has 0 rings (SSSR count). The molecule has 0 aromatic rings. The first kappa shape index (κ1) is 30.6. The van der Waals surface area contributed by atoms with Crippen LogP contribution in [0, 0.1) is 0 Å². The molecule has 0 heterocycles. The van der Waals surface area contributed by atoms with Crippen molar-refractivity contribution in [3.8, 4) is 0 Å². The lowest BCUT2D eigenvalue weighted by molar-refractivity contribution is -0.140. The summed E-state index contributed by atoms with van der Waals surface area (Å²) in [4.78, 5) is 23.0. The third-order valence-corrected chi connectivity index (χ3v) is 5.97. The van der Waals surface area contributed by atoms with E-state index < -0.39 is 0 Å². The number of esters is 1. The Morgan fingerprint density at radius 2 is 1.00 bits per heavy atom. The van der Waals surface area contributed by atoms with Crippen molar-refractivity contribution >= 4 is 11.8 Å². The van der Waals surface area contributed by atoms with E-state index in [1.54, 1.807) is 0 Å². The molecule has 186 valence electrons. The number of rotatable bonds is 24. The van der Waals surface area contributed by atoms with Crippen LogP contribution in [0.4, 0.5) is 0 Å². The summed E-state index contributed by atoms with van der Waals surface area (Å²) in [6.45, 7) is 2.25. The zero-order valence-corrected chi connectivity index (χ0v) is 21.4. The third kappa shape index (κ3) is 24.9.